The second kappa shape index (κ2) is 6.95. The van der Waals surface area contributed by atoms with E-state index in [-0.39, 0.29) is 5.91 Å². The van der Waals surface area contributed by atoms with E-state index in [1.165, 1.54) is 27.4 Å². The fourth-order valence-corrected chi connectivity index (χ4v) is 4.30. The first-order valence-electron chi connectivity index (χ1n) is 7.88. The molecule has 2 aromatic carbocycles. The molecule has 0 atom stereocenters. The molecule has 3 aromatic rings. The van der Waals surface area contributed by atoms with Gasteiger partial charge >= 0.3 is 0 Å². The zero-order valence-electron chi connectivity index (χ0n) is 14.2. The summed E-state index contributed by atoms with van der Waals surface area (Å²) in [4.78, 5) is 18.1. The smallest absolute Gasteiger partial charge is 0.257 e. The van der Waals surface area contributed by atoms with E-state index in [1.54, 1.807) is 11.8 Å². The van der Waals surface area contributed by atoms with Crippen LogP contribution in [0.15, 0.2) is 41.3 Å². The molecule has 0 aliphatic carbocycles. The van der Waals surface area contributed by atoms with Crippen LogP contribution in [-0.4, -0.2) is 16.1 Å². The molecule has 0 unspecified atom stereocenters. The molecule has 0 aliphatic heterocycles. The van der Waals surface area contributed by atoms with Crippen molar-refractivity contribution < 1.29 is 4.79 Å². The van der Waals surface area contributed by atoms with Gasteiger partial charge in [-0.3, -0.25) is 10.1 Å². The van der Waals surface area contributed by atoms with Crippen LogP contribution in [0.3, 0.4) is 0 Å². The van der Waals surface area contributed by atoms with Crippen molar-refractivity contribution in [3.05, 3.63) is 53.1 Å². The number of carbonyl (C=O) groups excluding carboxylic acids is 1. The van der Waals surface area contributed by atoms with Gasteiger partial charge in [-0.2, -0.15) is 0 Å². The first kappa shape index (κ1) is 17.0. The van der Waals surface area contributed by atoms with Crippen LogP contribution in [0.1, 0.15) is 35.3 Å². The van der Waals surface area contributed by atoms with E-state index in [4.69, 9.17) is 0 Å². The van der Waals surface area contributed by atoms with Gasteiger partial charge in [-0.25, -0.2) is 4.98 Å². The molecule has 0 spiro atoms. The Bertz CT molecular complexity index is 882. The van der Waals surface area contributed by atoms with Crippen LogP contribution in [0.4, 0.5) is 5.13 Å². The number of anilines is 1. The standard InChI is InChI=1S/C19H20N2OS2/c1-11(2)23-15-7-5-14(6-8-15)18(22)21-19-20-16-10-12(3)9-13(4)17(16)24-19/h5-11H,1-4H3,(H,20,21,22). The molecular formula is C19H20N2OS2. The number of carbonyl (C=O) groups is 1. The van der Waals surface area contributed by atoms with Gasteiger partial charge < -0.3 is 0 Å². The van der Waals surface area contributed by atoms with Crippen LogP contribution < -0.4 is 5.32 Å². The topological polar surface area (TPSA) is 42.0 Å². The highest BCUT2D eigenvalue weighted by molar-refractivity contribution is 7.99. The van der Waals surface area contributed by atoms with Gasteiger partial charge in [0.1, 0.15) is 0 Å². The molecular weight excluding hydrogens is 336 g/mol. The average Bonchev–Trinajstić information content (AvgIpc) is 2.90. The normalized spacial score (nSPS) is 11.2. The van der Waals surface area contributed by atoms with E-state index < -0.39 is 0 Å². The first-order valence-corrected chi connectivity index (χ1v) is 9.58. The van der Waals surface area contributed by atoms with Crippen LogP contribution in [0.2, 0.25) is 0 Å². The third kappa shape index (κ3) is 3.79. The summed E-state index contributed by atoms with van der Waals surface area (Å²) in [5.74, 6) is -0.121. The summed E-state index contributed by atoms with van der Waals surface area (Å²) in [5.41, 5.74) is 3.96. The molecule has 124 valence electrons. The third-order valence-corrected chi connectivity index (χ3v) is 5.67. The molecule has 3 nitrogen and oxygen atoms in total. The highest BCUT2D eigenvalue weighted by atomic mass is 32.2. The lowest BCUT2D eigenvalue weighted by molar-refractivity contribution is 0.102. The number of thiazole rings is 1. The number of hydrogen-bond acceptors (Lipinski definition) is 4. The van der Waals surface area contributed by atoms with Crippen molar-refractivity contribution in [2.45, 2.75) is 37.8 Å². The Morgan fingerprint density at radius 2 is 1.88 bits per heavy atom. The summed E-state index contributed by atoms with van der Waals surface area (Å²) in [6, 6.07) is 11.9. The minimum atomic E-state index is -0.121. The van der Waals surface area contributed by atoms with E-state index in [2.05, 4.69) is 44.1 Å². The minimum Gasteiger partial charge on any atom is -0.298 e. The number of fused-ring (bicyclic) bond motifs is 1. The van der Waals surface area contributed by atoms with Gasteiger partial charge in [0, 0.05) is 15.7 Å². The van der Waals surface area contributed by atoms with Crippen LogP contribution in [-0.2, 0) is 0 Å². The Kier molecular flexibility index (Phi) is 4.92. The second-order valence-corrected chi connectivity index (χ2v) is 8.74. The highest BCUT2D eigenvalue weighted by Gasteiger charge is 2.11. The number of aromatic nitrogens is 1. The van der Waals surface area contributed by atoms with E-state index >= 15 is 0 Å². The van der Waals surface area contributed by atoms with Gasteiger partial charge in [-0.1, -0.05) is 31.3 Å². The fraction of sp³-hybridized carbons (Fsp3) is 0.263. The molecule has 0 bridgehead atoms. The van der Waals surface area contributed by atoms with Crippen molar-refractivity contribution in [2.75, 3.05) is 5.32 Å². The maximum Gasteiger partial charge on any atom is 0.257 e. The molecule has 0 saturated carbocycles. The van der Waals surface area contributed by atoms with Gasteiger partial charge in [0.25, 0.3) is 5.91 Å². The van der Waals surface area contributed by atoms with Crippen molar-refractivity contribution >= 4 is 44.4 Å². The van der Waals surface area contributed by atoms with Gasteiger partial charge in [-0.05, 0) is 55.3 Å². The zero-order chi connectivity index (χ0) is 17.3. The molecule has 1 heterocycles. The number of rotatable bonds is 4. The Morgan fingerprint density at radius 1 is 1.17 bits per heavy atom. The predicted molar refractivity (Wildman–Crippen MR) is 104 cm³/mol. The Morgan fingerprint density at radius 3 is 2.54 bits per heavy atom. The maximum atomic E-state index is 12.4. The van der Waals surface area contributed by atoms with Gasteiger partial charge in [-0.15, -0.1) is 11.8 Å². The van der Waals surface area contributed by atoms with Crippen molar-refractivity contribution in [1.29, 1.82) is 0 Å². The molecule has 1 amide bonds. The summed E-state index contributed by atoms with van der Waals surface area (Å²) in [6.07, 6.45) is 0. The summed E-state index contributed by atoms with van der Waals surface area (Å²) >= 11 is 3.31. The predicted octanol–water partition coefficient (Wildman–Crippen LogP) is 5.67. The molecule has 5 heteroatoms. The van der Waals surface area contributed by atoms with E-state index in [0.717, 1.165) is 10.2 Å². The summed E-state index contributed by atoms with van der Waals surface area (Å²) in [6.45, 7) is 8.44. The molecule has 24 heavy (non-hydrogen) atoms. The lowest BCUT2D eigenvalue weighted by Crippen LogP contribution is -2.11. The Hall–Kier alpha value is -1.85. The number of hydrogen-bond donors (Lipinski definition) is 1. The number of nitrogens with one attached hydrogen (secondary N) is 1. The number of aryl methyl sites for hydroxylation is 2. The monoisotopic (exact) mass is 356 g/mol. The van der Waals surface area contributed by atoms with Crippen LogP contribution in [0, 0.1) is 13.8 Å². The van der Waals surface area contributed by atoms with Crippen LogP contribution in [0.5, 0.6) is 0 Å². The molecule has 1 N–H and O–H groups in total. The van der Waals surface area contributed by atoms with Crippen LogP contribution >= 0.6 is 23.1 Å². The van der Waals surface area contributed by atoms with Gasteiger partial charge in [0.2, 0.25) is 0 Å². The Labute approximate surface area is 150 Å². The third-order valence-electron chi connectivity index (χ3n) is 3.53. The number of amides is 1. The minimum absolute atomic E-state index is 0.121. The molecule has 0 aliphatic rings. The molecule has 3 rings (SSSR count). The van der Waals surface area contributed by atoms with Crippen molar-refractivity contribution in [1.82, 2.24) is 4.98 Å². The zero-order valence-corrected chi connectivity index (χ0v) is 15.8. The largest absolute Gasteiger partial charge is 0.298 e. The number of benzene rings is 2. The lowest BCUT2D eigenvalue weighted by atomic mass is 10.1. The van der Waals surface area contributed by atoms with Crippen molar-refractivity contribution in [3.8, 4) is 0 Å². The second-order valence-electron chi connectivity index (χ2n) is 6.09. The van der Waals surface area contributed by atoms with E-state index in [1.807, 2.05) is 30.3 Å². The van der Waals surface area contributed by atoms with Crippen molar-refractivity contribution in [3.63, 3.8) is 0 Å². The SMILES string of the molecule is Cc1cc(C)c2sc(NC(=O)c3ccc(SC(C)C)cc3)nc2c1. The number of thioether (sulfide) groups is 1. The average molecular weight is 357 g/mol. The van der Waals surface area contributed by atoms with Crippen LogP contribution in [0.25, 0.3) is 10.2 Å². The maximum absolute atomic E-state index is 12.4. The fourth-order valence-electron chi connectivity index (χ4n) is 2.56. The quantitative estimate of drug-likeness (QED) is 0.613. The molecule has 0 radical (unpaired) electrons. The van der Waals surface area contributed by atoms with Gasteiger partial charge in [0.15, 0.2) is 5.13 Å². The highest BCUT2D eigenvalue weighted by Crippen LogP contribution is 2.30. The Balaban J connectivity index is 1.78. The lowest BCUT2D eigenvalue weighted by Gasteiger charge is -2.06. The van der Waals surface area contributed by atoms with Crippen molar-refractivity contribution in [2.24, 2.45) is 0 Å². The molecule has 0 saturated heterocycles. The van der Waals surface area contributed by atoms with Gasteiger partial charge in [0.05, 0.1) is 10.2 Å². The molecule has 0 fully saturated rings. The van der Waals surface area contributed by atoms with E-state index in [9.17, 15) is 4.79 Å². The summed E-state index contributed by atoms with van der Waals surface area (Å²) in [7, 11) is 0. The number of nitrogens with zero attached hydrogens (tertiary/aromatic N) is 1. The summed E-state index contributed by atoms with van der Waals surface area (Å²) in [5, 5.41) is 4.09. The summed E-state index contributed by atoms with van der Waals surface area (Å²) < 4.78 is 1.12. The van der Waals surface area contributed by atoms with E-state index in [0.29, 0.717) is 15.9 Å². The molecule has 1 aromatic heterocycles. The first-order chi connectivity index (χ1) is 11.4.